The molecule has 108 valence electrons. The van der Waals surface area contributed by atoms with E-state index in [1.807, 2.05) is 36.1 Å². The van der Waals surface area contributed by atoms with Crippen LogP contribution in [0.25, 0.3) is 0 Å². The molecule has 3 nitrogen and oxygen atoms in total. The van der Waals surface area contributed by atoms with Crippen LogP contribution in [0.2, 0.25) is 10.0 Å². The highest BCUT2D eigenvalue weighted by Crippen LogP contribution is 2.30. The second-order valence-electron chi connectivity index (χ2n) is 4.82. The van der Waals surface area contributed by atoms with Crippen molar-refractivity contribution in [1.29, 1.82) is 0 Å². The Morgan fingerprint density at radius 2 is 1.95 bits per heavy atom. The fourth-order valence-electron chi connectivity index (χ4n) is 2.33. The zero-order chi connectivity index (χ0) is 14.7. The average Bonchev–Trinajstić information content (AvgIpc) is 2.73. The molecular weight excluding hydrogens is 293 g/mol. The number of hydrogen-bond donors (Lipinski definition) is 1. The summed E-state index contributed by atoms with van der Waals surface area (Å²) in [6.07, 6.45) is 2.66. The summed E-state index contributed by atoms with van der Waals surface area (Å²) in [5.41, 5.74) is 3.31. The Labute approximate surface area is 129 Å². The van der Waals surface area contributed by atoms with Gasteiger partial charge in [0, 0.05) is 34.4 Å². The lowest BCUT2D eigenvalue weighted by molar-refractivity contribution is 0.546. The molecule has 2 aromatic rings. The second kappa shape index (κ2) is 6.61. The number of nitrogens with zero attached hydrogens (tertiary/aromatic N) is 2. The highest BCUT2D eigenvalue weighted by Gasteiger charge is 2.19. The standard InChI is InChI=1S/C15H19Cl2N3/c1-4-18-15(12-9-19-20(3)10(12)2)8-11-13(16)6-5-7-14(11)17/h5-7,9,15,18H,4,8H2,1-3H3. The summed E-state index contributed by atoms with van der Waals surface area (Å²) in [7, 11) is 1.95. The Morgan fingerprint density at radius 1 is 1.30 bits per heavy atom. The van der Waals surface area contributed by atoms with Gasteiger partial charge in [-0.05, 0) is 37.6 Å². The summed E-state index contributed by atoms with van der Waals surface area (Å²) < 4.78 is 1.88. The molecule has 0 aliphatic carbocycles. The third-order valence-electron chi connectivity index (χ3n) is 3.57. The van der Waals surface area contributed by atoms with Gasteiger partial charge in [-0.15, -0.1) is 0 Å². The monoisotopic (exact) mass is 311 g/mol. The van der Waals surface area contributed by atoms with E-state index in [4.69, 9.17) is 23.2 Å². The maximum Gasteiger partial charge on any atom is 0.0540 e. The lowest BCUT2D eigenvalue weighted by Crippen LogP contribution is -2.23. The highest BCUT2D eigenvalue weighted by molar-refractivity contribution is 6.36. The largest absolute Gasteiger partial charge is 0.310 e. The van der Waals surface area contributed by atoms with Crippen molar-refractivity contribution >= 4 is 23.2 Å². The number of aromatic nitrogens is 2. The van der Waals surface area contributed by atoms with Crippen molar-refractivity contribution in [2.24, 2.45) is 7.05 Å². The van der Waals surface area contributed by atoms with Crippen LogP contribution >= 0.6 is 23.2 Å². The van der Waals surface area contributed by atoms with Gasteiger partial charge in [0.05, 0.1) is 6.20 Å². The molecule has 1 unspecified atom stereocenters. The molecule has 0 saturated heterocycles. The minimum atomic E-state index is 0.158. The normalized spacial score (nSPS) is 12.7. The van der Waals surface area contributed by atoms with Crippen LogP contribution in [0.4, 0.5) is 0 Å². The molecular formula is C15H19Cl2N3. The van der Waals surface area contributed by atoms with Crippen molar-refractivity contribution in [1.82, 2.24) is 15.1 Å². The van der Waals surface area contributed by atoms with Crippen molar-refractivity contribution in [3.63, 3.8) is 0 Å². The summed E-state index contributed by atoms with van der Waals surface area (Å²) in [6.45, 7) is 5.04. The van der Waals surface area contributed by atoms with Crippen molar-refractivity contribution in [2.45, 2.75) is 26.3 Å². The Balaban J connectivity index is 2.33. The maximum absolute atomic E-state index is 6.27. The van der Waals surface area contributed by atoms with Gasteiger partial charge >= 0.3 is 0 Å². The predicted octanol–water partition coefficient (Wildman–Crippen LogP) is 3.93. The van der Waals surface area contributed by atoms with E-state index in [0.717, 1.165) is 24.2 Å². The van der Waals surface area contributed by atoms with Gasteiger partial charge in [-0.1, -0.05) is 36.2 Å². The first kappa shape index (κ1) is 15.4. The number of hydrogen-bond acceptors (Lipinski definition) is 2. The molecule has 2 rings (SSSR count). The van der Waals surface area contributed by atoms with Gasteiger partial charge in [0.15, 0.2) is 0 Å². The zero-order valence-corrected chi connectivity index (χ0v) is 13.5. The van der Waals surface area contributed by atoms with Gasteiger partial charge in [-0.2, -0.15) is 5.10 Å². The number of nitrogens with one attached hydrogen (secondary N) is 1. The van der Waals surface area contributed by atoms with Crippen LogP contribution in [0.3, 0.4) is 0 Å². The minimum absolute atomic E-state index is 0.158. The van der Waals surface area contributed by atoms with Crippen molar-refractivity contribution in [3.05, 3.63) is 51.3 Å². The van der Waals surface area contributed by atoms with Gasteiger partial charge in [0.25, 0.3) is 0 Å². The zero-order valence-electron chi connectivity index (χ0n) is 12.0. The summed E-state index contributed by atoms with van der Waals surface area (Å²) >= 11 is 12.5. The molecule has 0 spiro atoms. The second-order valence-corrected chi connectivity index (χ2v) is 5.64. The summed E-state index contributed by atoms with van der Waals surface area (Å²) in [4.78, 5) is 0. The fourth-order valence-corrected chi connectivity index (χ4v) is 2.88. The van der Waals surface area contributed by atoms with Crippen LogP contribution < -0.4 is 5.32 Å². The van der Waals surface area contributed by atoms with E-state index in [9.17, 15) is 0 Å². The molecule has 0 saturated carbocycles. The molecule has 1 heterocycles. The van der Waals surface area contributed by atoms with Crippen LogP contribution in [0.15, 0.2) is 24.4 Å². The Morgan fingerprint density at radius 3 is 2.45 bits per heavy atom. The lowest BCUT2D eigenvalue weighted by atomic mass is 9.99. The van der Waals surface area contributed by atoms with E-state index in [-0.39, 0.29) is 6.04 Å². The summed E-state index contributed by atoms with van der Waals surface area (Å²) in [5, 5.41) is 9.22. The van der Waals surface area contributed by atoms with E-state index in [2.05, 4.69) is 24.3 Å². The lowest BCUT2D eigenvalue weighted by Gasteiger charge is -2.19. The molecule has 0 aliphatic rings. The third kappa shape index (κ3) is 3.17. The topological polar surface area (TPSA) is 29.9 Å². The van der Waals surface area contributed by atoms with E-state index in [1.165, 1.54) is 5.56 Å². The number of halogens is 2. The number of rotatable bonds is 5. The molecule has 1 aromatic heterocycles. The molecule has 0 fully saturated rings. The van der Waals surface area contributed by atoms with Crippen molar-refractivity contribution in [2.75, 3.05) is 6.54 Å². The van der Waals surface area contributed by atoms with Gasteiger partial charge < -0.3 is 5.32 Å². The Hall–Kier alpha value is -1.03. The first-order valence-corrected chi connectivity index (χ1v) is 7.45. The molecule has 20 heavy (non-hydrogen) atoms. The third-order valence-corrected chi connectivity index (χ3v) is 4.28. The quantitative estimate of drug-likeness (QED) is 0.906. The van der Waals surface area contributed by atoms with Crippen LogP contribution in [0, 0.1) is 6.92 Å². The van der Waals surface area contributed by atoms with Gasteiger partial charge in [-0.25, -0.2) is 0 Å². The van der Waals surface area contributed by atoms with E-state index in [0.29, 0.717) is 10.0 Å². The SMILES string of the molecule is CCNC(Cc1c(Cl)cccc1Cl)c1cnn(C)c1C. The van der Waals surface area contributed by atoms with Crippen molar-refractivity contribution in [3.8, 4) is 0 Å². The minimum Gasteiger partial charge on any atom is -0.310 e. The smallest absolute Gasteiger partial charge is 0.0540 e. The maximum atomic E-state index is 6.27. The summed E-state index contributed by atoms with van der Waals surface area (Å²) in [5.74, 6) is 0. The van der Waals surface area contributed by atoms with Crippen LogP contribution in [-0.4, -0.2) is 16.3 Å². The molecule has 1 aromatic carbocycles. The Bertz CT molecular complexity index is 573. The average molecular weight is 312 g/mol. The first-order chi connectivity index (χ1) is 9.54. The van der Waals surface area contributed by atoms with Gasteiger partial charge in [0.2, 0.25) is 0 Å². The molecule has 0 amide bonds. The van der Waals surface area contributed by atoms with Gasteiger partial charge in [0.1, 0.15) is 0 Å². The van der Waals surface area contributed by atoms with E-state index < -0.39 is 0 Å². The molecule has 0 aliphatic heterocycles. The number of likely N-dealkylation sites (N-methyl/N-ethyl adjacent to an activating group) is 1. The number of aryl methyl sites for hydroxylation is 1. The number of benzene rings is 1. The van der Waals surface area contributed by atoms with E-state index in [1.54, 1.807) is 0 Å². The van der Waals surface area contributed by atoms with Crippen molar-refractivity contribution < 1.29 is 0 Å². The summed E-state index contributed by atoms with van der Waals surface area (Å²) in [6, 6.07) is 5.78. The first-order valence-electron chi connectivity index (χ1n) is 6.69. The van der Waals surface area contributed by atoms with E-state index >= 15 is 0 Å². The molecule has 1 N–H and O–H groups in total. The van der Waals surface area contributed by atoms with Crippen LogP contribution in [-0.2, 0) is 13.5 Å². The Kier molecular flexibility index (Phi) is 5.08. The molecule has 0 bridgehead atoms. The van der Waals surface area contributed by atoms with Gasteiger partial charge in [-0.3, -0.25) is 4.68 Å². The molecule has 1 atom stereocenters. The molecule has 5 heteroatoms. The molecule has 0 radical (unpaired) electrons. The predicted molar refractivity (Wildman–Crippen MR) is 84.5 cm³/mol. The highest BCUT2D eigenvalue weighted by atomic mass is 35.5. The fraction of sp³-hybridized carbons (Fsp3) is 0.400. The van der Waals surface area contributed by atoms with Crippen LogP contribution in [0.5, 0.6) is 0 Å². The van der Waals surface area contributed by atoms with Crippen LogP contribution in [0.1, 0.15) is 29.8 Å².